The Morgan fingerprint density at radius 3 is 2.22 bits per heavy atom. The van der Waals surface area contributed by atoms with Gasteiger partial charge in [-0.15, -0.1) is 0 Å². The summed E-state index contributed by atoms with van der Waals surface area (Å²) in [5.41, 5.74) is 0.689. The van der Waals surface area contributed by atoms with Crippen molar-refractivity contribution in [2.75, 3.05) is 6.61 Å². The summed E-state index contributed by atoms with van der Waals surface area (Å²) in [5, 5.41) is 9.81. The first-order chi connectivity index (χ1) is 8.65. The Balaban J connectivity index is 1.99. The van der Waals surface area contributed by atoms with Gasteiger partial charge in [0.2, 0.25) is 0 Å². The molecular weight excluding hydrogens is 238 g/mol. The van der Waals surface area contributed by atoms with Gasteiger partial charge in [0, 0.05) is 18.2 Å². The summed E-state index contributed by atoms with van der Waals surface area (Å²) < 4.78 is 30.9. The second-order valence-corrected chi connectivity index (χ2v) is 3.84. The minimum atomic E-state index is -0.836. The Bertz CT molecular complexity index is 494. The van der Waals surface area contributed by atoms with Crippen molar-refractivity contribution in [3.05, 3.63) is 65.7 Å². The molecule has 0 aliphatic heterocycles. The van der Waals surface area contributed by atoms with Crippen LogP contribution in [0.3, 0.4) is 0 Å². The third kappa shape index (κ3) is 3.28. The van der Waals surface area contributed by atoms with Gasteiger partial charge in [0.1, 0.15) is 30.1 Å². The number of ether oxygens (including phenoxy) is 1. The van der Waals surface area contributed by atoms with Gasteiger partial charge in [0.25, 0.3) is 0 Å². The zero-order valence-electron chi connectivity index (χ0n) is 9.51. The summed E-state index contributed by atoms with van der Waals surface area (Å²) in [6, 6.07) is 11.8. The molecule has 2 nitrogen and oxygen atoms in total. The maximum Gasteiger partial charge on any atom is 0.129 e. The maximum atomic E-state index is 12.9. The summed E-state index contributed by atoms with van der Waals surface area (Å²) in [6.07, 6.45) is -0.836. The van der Waals surface area contributed by atoms with E-state index in [0.29, 0.717) is 5.56 Å². The Hall–Kier alpha value is -1.94. The van der Waals surface area contributed by atoms with E-state index in [1.165, 1.54) is 0 Å². The van der Waals surface area contributed by atoms with E-state index in [1.807, 2.05) is 6.07 Å². The van der Waals surface area contributed by atoms with Crippen LogP contribution in [0.4, 0.5) is 8.78 Å². The van der Waals surface area contributed by atoms with Crippen LogP contribution in [-0.4, -0.2) is 11.7 Å². The number of halogens is 2. The Kier molecular flexibility index (Phi) is 3.89. The number of aliphatic hydroxyl groups excluding tert-OH is 1. The topological polar surface area (TPSA) is 29.5 Å². The van der Waals surface area contributed by atoms with Crippen LogP contribution in [0.2, 0.25) is 0 Å². The molecule has 2 aromatic carbocycles. The largest absolute Gasteiger partial charge is 0.490 e. The number of benzene rings is 2. The van der Waals surface area contributed by atoms with E-state index in [2.05, 4.69) is 0 Å². The van der Waals surface area contributed by atoms with Gasteiger partial charge in [0.05, 0.1) is 0 Å². The maximum absolute atomic E-state index is 12.9. The molecule has 1 unspecified atom stereocenters. The third-order valence-corrected chi connectivity index (χ3v) is 2.43. The zero-order chi connectivity index (χ0) is 13.0. The molecule has 0 aliphatic carbocycles. The second-order valence-electron chi connectivity index (χ2n) is 3.84. The molecule has 0 spiro atoms. The summed E-state index contributed by atoms with van der Waals surface area (Å²) in [6.45, 7) is -0.0626. The van der Waals surface area contributed by atoms with E-state index < -0.39 is 17.7 Å². The van der Waals surface area contributed by atoms with Crippen LogP contribution < -0.4 is 4.74 Å². The lowest BCUT2D eigenvalue weighted by atomic mass is 10.1. The molecule has 0 fully saturated rings. The lowest BCUT2D eigenvalue weighted by Gasteiger charge is -2.12. The van der Waals surface area contributed by atoms with Gasteiger partial charge in [-0.3, -0.25) is 0 Å². The zero-order valence-corrected chi connectivity index (χ0v) is 9.51. The molecule has 0 bridgehead atoms. The second kappa shape index (κ2) is 5.60. The normalized spacial score (nSPS) is 12.2. The van der Waals surface area contributed by atoms with E-state index in [0.717, 1.165) is 18.2 Å². The lowest BCUT2D eigenvalue weighted by molar-refractivity contribution is 0.108. The van der Waals surface area contributed by atoms with E-state index in [4.69, 9.17) is 4.74 Å². The Morgan fingerprint density at radius 2 is 1.61 bits per heavy atom. The summed E-state index contributed by atoms with van der Waals surface area (Å²) in [5.74, 6) is -1.36. The van der Waals surface area contributed by atoms with Crippen molar-refractivity contribution in [2.45, 2.75) is 6.10 Å². The van der Waals surface area contributed by atoms with Gasteiger partial charge in [-0.05, 0) is 5.56 Å². The van der Waals surface area contributed by atoms with Crippen molar-refractivity contribution in [1.29, 1.82) is 0 Å². The van der Waals surface area contributed by atoms with Gasteiger partial charge in [-0.2, -0.15) is 0 Å². The SMILES string of the molecule is OC(COc1cc(F)cc(F)c1)c1ccccc1. The molecule has 0 aromatic heterocycles. The van der Waals surface area contributed by atoms with Crippen molar-refractivity contribution >= 4 is 0 Å². The molecule has 0 saturated heterocycles. The standard InChI is InChI=1S/C14H12F2O2/c15-11-6-12(16)8-13(7-11)18-9-14(17)10-4-2-1-3-5-10/h1-8,14,17H,9H2. The van der Waals surface area contributed by atoms with E-state index in [9.17, 15) is 13.9 Å². The average Bonchev–Trinajstić information content (AvgIpc) is 2.36. The highest BCUT2D eigenvalue weighted by Gasteiger charge is 2.08. The predicted octanol–water partition coefficient (Wildman–Crippen LogP) is 3.08. The minimum absolute atomic E-state index is 0.0579. The van der Waals surface area contributed by atoms with Crippen LogP contribution in [-0.2, 0) is 0 Å². The van der Waals surface area contributed by atoms with Crippen molar-refractivity contribution in [2.24, 2.45) is 0 Å². The van der Waals surface area contributed by atoms with Gasteiger partial charge < -0.3 is 9.84 Å². The molecule has 0 amide bonds. The van der Waals surface area contributed by atoms with Crippen LogP contribution in [0, 0.1) is 11.6 Å². The van der Waals surface area contributed by atoms with Crippen molar-refractivity contribution < 1.29 is 18.6 Å². The van der Waals surface area contributed by atoms with Crippen LogP contribution >= 0.6 is 0 Å². The predicted molar refractivity (Wildman–Crippen MR) is 63.3 cm³/mol. The third-order valence-electron chi connectivity index (χ3n) is 2.43. The molecule has 18 heavy (non-hydrogen) atoms. The minimum Gasteiger partial charge on any atom is -0.490 e. The number of aliphatic hydroxyl groups is 1. The molecule has 2 aromatic rings. The molecule has 0 radical (unpaired) electrons. The van der Waals surface area contributed by atoms with Gasteiger partial charge in [-0.1, -0.05) is 30.3 Å². The quantitative estimate of drug-likeness (QED) is 0.903. The fourth-order valence-electron chi connectivity index (χ4n) is 1.56. The summed E-state index contributed by atoms with van der Waals surface area (Å²) >= 11 is 0. The highest BCUT2D eigenvalue weighted by atomic mass is 19.1. The van der Waals surface area contributed by atoms with E-state index >= 15 is 0 Å². The molecule has 0 aliphatic rings. The molecule has 2 rings (SSSR count). The lowest BCUT2D eigenvalue weighted by Crippen LogP contribution is -2.09. The van der Waals surface area contributed by atoms with Gasteiger partial charge >= 0.3 is 0 Å². The smallest absolute Gasteiger partial charge is 0.129 e. The number of rotatable bonds is 4. The Morgan fingerprint density at radius 1 is 1.00 bits per heavy atom. The van der Waals surface area contributed by atoms with Crippen LogP contribution in [0.1, 0.15) is 11.7 Å². The van der Waals surface area contributed by atoms with E-state index in [-0.39, 0.29) is 12.4 Å². The van der Waals surface area contributed by atoms with E-state index in [1.54, 1.807) is 24.3 Å². The highest BCUT2D eigenvalue weighted by molar-refractivity contribution is 5.24. The van der Waals surface area contributed by atoms with Crippen molar-refractivity contribution in [1.82, 2.24) is 0 Å². The first kappa shape index (κ1) is 12.5. The molecule has 1 atom stereocenters. The van der Waals surface area contributed by atoms with Crippen LogP contribution in [0.25, 0.3) is 0 Å². The number of hydrogen-bond acceptors (Lipinski definition) is 2. The molecule has 4 heteroatoms. The molecule has 94 valence electrons. The Labute approximate surface area is 103 Å². The van der Waals surface area contributed by atoms with Gasteiger partial charge in [0.15, 0.2) is 0 Å². The van der Waals surface area contributed by atoms with Gasteiger partial charge in [-0.25, -0.2) is 8.78 Å². The van der Waals surface area contributed by atoms with Crippen molar-refractivity contribution in [3.63, 3.8) is 0 Å². The first-order valence-electron chi connectivity index (χ1n) is 5.47. The molecule has 1 N–H and O–H groups in total. The molecule has 0 saturated carbocycles. The van der Waals surface area contributed by atoms with Crippen LogP contribution in [0.15, 0.2) is 48.5 Å². The van der Waals surface area contributed by atoms with Crippen molar-refractivity contribution in [3.8, 4) is 5.75 Å². The highest BCUT2D eigenvalue weighted by Crippen LogP contribution is 2.18. The number of hydrogen-bond donors (Lipinski definition) is 1. The fourth-order valence-corrected chi connectivity index (χ4v) is 1.56. The average molecular weight is 250 g/mol. The monoisotopic (exact) mass is 250 g/mol. The summed E-state index contributed by atoms with van der Waals surface area (Å²) in [7, 11) is 0. The summed E-state index contributed by atoms with van der Waals surface area (Å²) in [4.78, 5) is 0. The first-order valence-corrected chi connectivity index (χ1v) is 5.47. The van der Waals surface area contributed by atoms with Crippen LogP contribution in [0.5, 0.6) is 5.75 Å². The molecular formula is C14H12F2O2. The fraction of sp³-hybridized carbons (Fsp3) is 0.143. The molecule has 0 heterocycles.